The number of ether oxygens (including phenoxy) is 1. The molecule has 1 atom stereocenters. The van der Waals surface area contributed by atoms with Crippen molar-refractivity contribution in [3.63, 3.8) is 0 Å². The Balaban J connectivity index is 2.65. The van der Waals surface area contributed by atoms with E-state index in [1.165, 1.54) is 12.3 Å². The fourth-order valence-corrected chi connectivity index (χ4v) is 5.41. The van der Waals surface area contributed by atoms with Gasteiger partial charge in [0.05, 0.1) is 17.1 Å². The quantitative estimate of drug-likeness (QED) is 0.201. The number of aromatic nitrogens is 1. The maximum atomic E-state index is 13.0. The molecule has 0 spiro atoms. The van der Waals surface area contributed by atoms with E-state index in [-0.39, 0.29) is 15.5 Å². The molecule has 8 nitrogen and oxygen atoms in total. The van der Waals surface area contributed by atoms with E-state index in [1.54, 1.807) is 0 Å². The van der Waals surface area contributed by atoms with Crippen molar-refractivity contribution in [2.45, 2.75) is 10.1 Å². The molecule has 0 aliphatic carbocycles. The predicted molar refractivity (Wildman–Crippen MR) is 99.4 cm³/mol. The predicted octanol–water partition coefficient (Wildman–Crippen LogP) is 3.95. The van der Waals surface area contributed by atoms with Gasteiger partial charge in [-0.1, -0.05) is 29.0 Å². The highest BCUT2D eigenvalue weighted by Crippen LogP contribution is 2.40. The summed E-state index contributed by atoms with van der Waals surface area (Å²) < 4.78 is 30.8. The van der Waals surface area contributed by atoms with E-state index in [2.05, 4.69) is 32.2 Å². The number of methoxy groups -OCH3 is 1. The van der Waals surface area contributed by atoms with Crippen LogP contribution in [0.3, 0.4) is 0 Å². The van der Waals surface area contributed by atoms with E-state index in [1.807, 2.05) is 0 Å². The van der Waals surface area contributed by atoms with Crippen LogP contribution < -0.4 is 0 Å². The minimum Gasteiger partial charge on any atom is -0.465 e. The summed E-state index contributed by atoms with van der Waals surface area (Å²) in [5.41, 5.74) is 0.174. The zero-order valence-corrected chi connectivity index (χ0v) is 17.0. The Hall–Kier alpha value is -1.82. The second-order valence-electron chi connectivity index (χ2n) is 4.77. The number of pyridine rings is 1. The Kier molecular flexibility index (Phi) is 6.17. The first-order valence-corrected chi connectivity index (χ1v) is 10.2. The summed E-state index contributed by atoms with van der Waals surface area (Å²) in [4.78, 5) is 25.2. The third kappa shape index (κ3) is 3.80. The Labute approximate surface area is 165 Å². The highest BCUT2D eigenvalue weighted by atomic mass is 79.9. The van der Waals surface area contributed by atoms with E-state index >= 15 is 0 Å². The highest BCUT2D eigenvalue weighted by molar-refractivity contribution is 9.10. The molecule has 0 aliphatic rings. The van der Waals surface area contributed by atoms with Crippen LogP contribution in [0.15, 0.2) is 40.5 Å². The third-order valence-electron chi connectivity index (χ3n) is 3.23. The molecule has 2 heterocycles. The van der Waals surface area contributed by atoms with Crippen LogP contribution in [0.4, 0.5) is 5.00 Å². The van der Waals surface area contributed by atoms with Crippen molar-refractivity contribution >= 4 is 59.7 Å². The standard InChI is InChI=1S/C14H10BrClN2O6S2/c1-3-10(7-4-8(16)12(15)17-6-7)26(22,23)11-5-9(14(19)24-2)25-13(11)18(20)21/h3-6,10H,1H2,2H3. The number of hydrogen-bond acceptors (Lipinski definition) is 8. The largest absolute Gasteiger partial charge is 0.465 e. The Bertz CT molecular complexity index is 1000. The normalized spacial score (nSPS) is 12.4. The van der Waals surface area contributed by atoms with Crippen LogP contribution >= 0.6 is 38.9 Å². The lowest BCUT2D eigenvalue weighted by molar-refractivity contribution is -0.383. The summed E-state index contributed by atoms with van der Waals surface area (Å²) in [6.07, 6.45) is 2.37. The fourth-order valence-electron chi connectivity index (χ4n) is 2.07. The molecule has 1 unspecified atom stereocenters. The first-order chi connectivity index (χ1) is 12.1. The minimum atomic E-state index is -4.30. The molecule has 138 valence electrons. The number of halogens is 2. The fraction of sp³-hybridized carbons (Fsp3) is 0.143. The average Bonchev–Trinajstić information content (AvgIpc) is 3.04. The van der Waals surface area contributed by atoms with Gasteiger partial charge in [0.2, 0.25) is 0 Å². The van der Waals surface area contributed by atoms with Gasteiger partial charge in [-0.05, 0) is 33.6 Å². The van der Waals surface area contributed by atoms with Gasteiger partial charge in [-0.15, -0.1) is 6.58 Å². The number of nitro groups is 1. The number of sulfone groups is 1. The molecule has 0 fully saturated rings. The molecular formula is C14H10BrClN2O6S2. The van der Waals surface area contributed by atoms with Crippen molar-refractivity contribution in [3.05, 3.63) is 61.2 Å². The van der Waals surface area contributed by atoms with Crippen LogP contribution in [0.2, 0.25) is 5.02 Å². The summed E-state index contributed by atoms with van der Waals surface area (Å²) in [5, 5.41) is 9.40. The van der Waals surface area contributed by atoms with Crippen LogP contribution in [0.1, 0.15) is 20.5 Å². The molecule has 0 radical (unpaired) electrons. The van der Waals surface area contributed by atoms with Gasteiger partial charge in [0.15, 0.2) is 14.7 Å². The van der Waals surface area contributed by atoms with Crippen molar-refractivity contribution in [3.8, 4) is 0 Å². The van der Waals surface area contributed by atoms with Crippen molar-refractivity contribution in [1.29, 1.82) is 0 Å². The second kappa shape index (κ2) is 7.82. The summed E-state index contributed by atoms with van der Waals surface area (Å²) in [7, 11) is -3.21. The summed E-state index contributed by atoms with van der Waals surface area (Å²) in [5.74, 6) is -0.872. The summed E-state index contributed by atoms with van der Waals surface area (Å²) >= 11 is 9.47. The molecule has 0 N–H and O–H groups in total. The second-order valence-corrected chi connectivity index (χ2v) is 9.00. The minimum absolute atomic E-state index is 0.166. The van der Waals surface area contributed by atoms with Gasteiger partial charge in [-0.3, -0.25) is 10.1 Å². The van der Waals surface area contributed by atoms with Gasteiger partial charge in [0, 0.05) is 6.20 Å². The van der Waals surface area contributed by atoms with Gasteiger partial charge in [-0.25, -0.2) is 18.2 Å². The van der Waals surface area contributed by atoms with Crippen LogP contribution in [0.25, 0.3) is 0 Å². The molecule has 2 rings (SSSR count). The number of rotatable bonds is 6. The van der Waals surface area contributed by atoms with Crippen LogP contribution in [0.5, 0.6) is 0 Å². The number of carbonyl (C=O) groups is 1. The van der Waals surface area contributed by atoms with Crippen molar-refractivity contribution in [2.75, 3.05) is 7.11 Å². The third-order valence-corrected chi connectivity index (χ3v) is 7.63. The van der Waals surface area contributed by atoms with Crippen LogP contribution in [-0.2, 0) is 14.6 Å². The van der Waals surface area contributed by atoms with E-state index in [0.29, 0.717) is 15.9 Å². The molecular weight excluding hydrogens is 472 g/mol. The molecule has 0 bridgehead atoms. The lowest BCUT2D eigenvalue weighted by atomic mass is 10.2. The molecule has 0 amide bonds. The molecule has 2 aromatic rings. The number of nitrogens with zero attached hydrogens (tertiary/aromatic N) is 2. The highest BCUT2D eigenvalue weighted by Gasteiger charge is 2.37. The maximum Gasteiger partial charge on any atom is 0.348 e. The van der Waals surface area contributed by atoms with Crippen molar-refractivity contribution in [1.82, 2.24) is 4.98 Å². The van der Waals surface area contributed by atoms with Crippen molar-refractivity contribution in [2.24, 2.45) is 0 Å². The van der Waals surface area contributed by atoms with Crippen LogP contribution in [0, 0.1) is 10.1 Å². The van der Waals surface area contributed by atoms with Gasteiger partial charge in [0.1, 0.15) is 14.7 Å². The average molecular weight is 482 g/mol. The van der Waals surface area contributed by atoms with Crippen LogP contribution in [-0.4, -0.2) is 31.4 Å². The lowest BCUT2D eigenvalue weighted by Crippen LogP contribution is -2.13. The number of hydrogen-bond donors (Lipinski definition) is 0. The first kappa shape index (κ1) is 20.5. The van der Waals surface area contributed by atoms with Gasteiger partial charge < -0.3 is 4.74 Å². The smallest absolute Gasteiger partial charge is 0.348 e. The molecule has 0 aliphatic heterocycles. The van der Waals surface area contributed by atoms with E-state index in [0.717, 1.165) is 19.3 Å². The lowest BCUT2D eigenvalue weighted by Gasteiger charge is -2.13. The molecule has 26 heavy (non-hydrogen) atoms. The monoisotopic (exact) mass is 480 g/mol. The summed E-state index contributed by atoms with van der Waals surface area (Å²) in [6, 6.07) is 2.29. The van der Waals surface area contributed by atoms with Crippen molar-refractivity contribution < 1.29 is 22.9 Å². The molecule has 0 saturated heterocycles. The Morgan fingerprint density at radius 3 is 2.69 bits per heavy atom. The zero-order chi connectivity index (χ0) is 19.6. The number of thiophene rings is 1. The SMILES string of the molecule is C=CC(c1cnc(Br)c(Cl)c1)S(=O)(=O)c1cc(C(=O)OC)sc1[N+](=O)[O-]. The Morgan fingerprint density at radius 2 is 2.19 bits per heavy atom. The van der Waals surface area contributed by atoms with Gasteiger partial charge in [0.25, 0.3) is 0 Å². The maximum absolute atomic E-state index is 13.0. The van der Waals surface area contributed by atoms with Gasteiger partial charge in [-0.2, -0.15) is 0 Å². The first-order valence-electron chi connectivity index (χ1n) is 6.67. The number of carbonyl (C=O) groups excluding carboxylic acids is 1. The van der Waals surface area contributed by atoms with Gasteiger partial charge >= 0.3 is 11.0 Å². The number of esters is 1. The van der Waals surface area contributed by atoms with E-state index < -0.39 is 35.9 Å². The zero-order valence-electron chi connectivity index (χ0n) is 13.0. The Morgan fingerprint density at radius 1 is 1.54 bits per heavy atom. The molecule has 2 aromatic heterocycles. The molecule has 0 saturated carbocycles. The van der Waals surface area contributed by atoms with E-state index in [4.69, 9.17) is 11.6 Å². The molecule has 0 aromatic carbocycles. The van der Waals surface area contributed by atoms with E-state index in [9.17, 15) is 23.3 Å². The summed E-state index contributed by atoms with van der Waals surface area (Å²) in [6.45, 7) is 3.49. The molecule has 12 heteroatoms. The topological polar surface area (TPSA) is 116 Å².